The molecule has 122 valence electrons. The number of para-hydroxylation sites is 1. The Morgan fingerprint density at radius 2 is 1.80 bits per heavy atom. The predicted molar refractivity (Wildman–Crippen MR) is 95.8 cm³/mol. The van der Waals surface area contributed by atoms with Crippen LogP contribution in [0.25, 0.3) is 10.9 Å². The van der Waals surface area contributed by atoms with Crippen molar-refractivity contribution >= 4 is 16.9 Å². The van der Waals surface area contributed by atoms with Crippen LogP contribution in [0.2, 0.25) is 0 Å². The van der Waals surface area contributed by atoms with Crippen molar-refractivity contribution in [3.05, 3.63) is 96.0 Å². The van der Waals surface area contributed by atoms with Crippen LogP contribution in [0.3, 0.4) is 0 Å². The second-order valence-electron chi connectivity index (χ2n) is 6.36. The Morgan fingerprint density at radius 1 is 1.00 bits per heavy atom. The maximum Gasteiger partial charge on any atom is 0.330 e. The third-order valence-corrected chi connectivity index (χ3v) is 5.05. The van der Waals surface area contributed by atoms with E-state index in [0.29, 0.717) is 5.76 Å². The number of carbonyl (C=O) groups is 1. The first-order chi connectivity index (χ1) is 12.3. The van der Waals surface area contributed by atoms with Crippen molar-refractivity contribution < 1.29 is 9.53 Å². The van der Waals surface area contributed by atoms with Crippen molar-refractivity contribution in [2.45, 2.75) is 11.5 Å². The zero-order valence-corrected chi connectivity index (χ0v) is 13.4. The van der Waals surface area contributed by atoms with E-state index in [0.717, 1.165) is 22.2 Å². The zero-order valence-electron chi connectivity index (χ0n) is 13.4. The fourth-order valence-corrected chi connectivity index (χ4v) is 3.90. The van der Waals surface area contributed by atoms with Crippen LogP contribution in [0.1, 0.15) is 11.3 Å². The van der Waals surface area contributed by atoms with Gasteiger partial charge in [-0.25, -0.2) is 0 Å². The van der Waals surface area contributed by atoms with Gasteiger partial charge in [-0.2, -0.15) is 0 Å². The Balaban J connectivity index is 1.82. The van der Waals surface area contributed by atoms with E-state index in [-0.39, 0.29) is 12.0 Å². The summed E-state index contributed by atoms with van der Waals surface area (Å²) < 4.78 is 5.67. The van der Waals surface area contributed by atoms with Crippen molar-refractivity contribution in [2.75, 3.05) is 0 Å². The Labute approximate surface area is 144 Å². The van der Waals surface area contributed by atoms with Crippen LogP contribution in [0.5, 0.6) is 0 Å². The fourth-order valence-electron chi connectivity index (χ4n) is 3.90. The Bertz CT molecular complexity index is 999. The van der Waals surface area contributed by atoms with Crippen LogP contribution in [0.15, 0.2) is 84.8 Å². The minimum absolute atomic E-state index is 0.266. The second kappa shape index (κ2) is 5.11. The molecule has 2 aromatic carbocycles. The number of aromatic amines is 1. The number of ether oxygens (including phenoxy) is 1. The maximum atomic E-state index is 13.2. The lowest BCUT2D eigenvalue weighted by Crippen LogP contribution is -2.49. The van der Waals surface area contributed by atoms with Gasteiger partial charge in [0.15, 0.2) is 5.41 Å². The monoisotopic (exact) mass is 328 g/mol. The first-order valence-electron chi connectivity index (χ1n) is 8.29. The van der Waals surface area contributed by atoms with Crippen molar-refractivity contribution in [1.29, 1.82) is 0 Å². The summed E-state index contributed by atoms with van der Waals surface area (Å²) in [7, 11) is 0. The molecule has 0 aliphatic carbocycles. The highest BCUT2D eigenvalue weighted by atomic mass is 16.5. The molecule has 3 heterocycles. The molecule has 2 unspecified atom stereocenters. The Hall–Kier alpha value is -3.27. The summed E-state index contributed by atoms with van der Waals surface area (Å²) in [6, 6.07) is 19.6. The van der Waals surface area contributed by atoms with Crippen LogP contribution >= 0.6 is 0 Å². The van der Waals surface area contributed by atoms with Crippen LogP contribution in [0, 0.1) is 0 Å². The third kappa shape index (κ3) is 1.85. The van der Waals surface area contributed by atoms with Gasteiger partial charge in [-0.3, -0.25) is 4.79 Å². The molecule has 2 N–H and O–H groups in total. The van der Waals surface area contributed by atoms with E-state index in [2.05, 4.69) is 10.3 Å². The standard InChI is InChI=1S/C21H16N2O2/c24-20-21(15-8-2-1-3-9-15,19-17(25-20)11-6-12-22-19)18-13-14-7-4-5-10-16(14)23-18/h1-13,19,22-23H. The lowest BCUT2D eigenvalue weighted by Gasteiger charge is -2.31. The fraction of sp³-hybridized carbons (Fsp3) is 0.0952. The highest BCUT2D eigenvalue weighted by Gasteiger charge is 2.59. The van der Waals surface area contributed by atoms with Crippen LogP contribution in [-0.2, 0) is 14.9 Å². The number of allylic oxidation sites excluding steroid dienone is 2. The van der Waals surface area contributed by atoms with Crippen LogP contribution in [-0.4, -0.2) is 17.0 Å². The molecule has 4 heteroatoms. The van der Waals surface area contributed by atoms with Gasteiger partial charge in [0.25, 0.3) is 0 Å². The number of aromatic nitrogens is 1. The minimum atomic E-state index is -0.948. The molecule has 0 amide bonds. The lowest BCUT2D eigenvalue weighted by atomic mass is 9.72. The molecule has 2 aliphatic rings. The van der Waals surface area contributed by atoms with Gasteiger partial charge in [-0.15, -0.1) is 0 Å². The molecule has 3 aromatic rings. The van der Waals surface area contributed by atoms with Crippen molar-refractivity contribution in [3.63, 3.8) is 0 Å². The number of fused-ring (bicyclic) bond motifs is 2. The molecule has 5 rings (SSSR count). The molecule has 2 aliphatic heterocycles. The number of benzene rings is 2. The number of nitrogens with one attached hydrogen (secondary N) is 2. The van der Waals surface area contributed by atoms with Gasteiger partial charge >= 0.3 is 5.97 Å². The zero-order chi connectivity index (χ0) is 16.9. The average molecular weight is 328 g/mol. The van der Waals surface area contributed by atoms with E-state index >= 15 is 0 Å². The normalized spacial score (nSPS) is 24.6. The second-order valence-corrected chi connectivity index (χ2v) is 6.36. The molecule has 2 atom stereocenters. The van der Waals surface area contributed by atoms with E-state index in [4.69, 9.17) is 4.74 Å². The van der Waals surface area contributed by atoms with Gasteiger partial charge in [0.05, 0.1) is 0 Å². The summed E-state index contributed by atoms with van der Waals surface area (Å²) in [6.45, 7) is 0. The van der Waals surface area contributed by atoms with Gasteiger partial charge in [-0.1, -0.05) is 48.5 Å². The number of esters is 1. The van der Waals surface area contributed by atoms with Crippen molar-refractivity contribution in [1.82, 2.24) is 10.3 Å². The van der Waals surface area contributed by atoms with E-state index in [1.807, 2.05) is 79.0 Å². The number of hydrogen-bond acceptors (Lipinski definition) is 3. The quantitative estimate of drug-likeness (QED) is 0.709. The molecule has 4 nitrogen and oxygen atoms in total. The van der Waals surface area contributed by atoms with Gasteiger partial charge in [0.2, 0.25) is 0 Å². The molecule has 25 heavy (non-hydrogen) atoms. The molecule has 0 spiro atoms. The minimum Gasteiger partial charge on any atom is -0.428 e. The summed E-state index contributed by atoms with van der Waals surface area (Å²) in [4.78, 5) is 16.6. The smallest absolute Gasteiger partial charge is 0.330 e. The van der Waals surface area contributed by atoms with Crippen molar-refractivity contribution in [3.8, 4) is 0 Å². The molecule has 0 radical (unpaired) electrons. The summed E-state index contributed by atoms with van der Waals surface area (Å²) in [5.74, 6) is 0.382. The Morgan fingerprint density at radius 3 is 2.64 bits per heavy atom. The summed E-state index contributed by atoms with van der Waals surface area (Å²) in [5, 5.41) is 4.40. The van der Waals surface area contributed by atoms with Gasteiger partial charge < -0.3 is 15.0 Å². The van der Waals surface area contributed by atoms with Gasteiger partial charge in [0, 0.05) is 11.2 Å². The molecule has 0 bridgehead atoms. The number of hydrogen-bond donors (Lipinski definition) is 2. The van der Waals surface area contributed by atoms with Gasteiger partial charge in [0.1, 0.15) is 11.8 Å². The topological polar surface area (TPSA) is 54.1 Å². The first kappa shape index (κ1) is 14.1. The van der Waals surface area contributed by atoms with E-state index in [1.54, 1.807) is 0 Å². The molecule has 1 saturated heterocycles. The average Bonchev–Trinajstić information content (AvgIpc) is 3.21. The van der Waals surface area contributed by atoms with Crippen LogP contribution in [0.4, 0.5) is 0 Å². The largest absolute Gasteiger partial charge is 0.428 e. The van der Waals surface area contributed by atoms with Gasteiger partial charge in [-0.05, 0) is 41.4 Å². The highest BCUT2D eigenvalue weighted by molar-refractivity contribution is 5.95. The van der Waals surface area contributed by atoms with Crippen LogP contribution < -0.4 is 5.32 Å². The number of H-pyrrole nitrogens is 1. The summed E-state index contributed by atoms with van der Waals surface area (Å²) in [5.41, 5.74) is 1.80. The van der Waals surface area contributed by atoms with E-state index < -0.39 is 5.41 Å². The SMILES string of the molecule is O=C1OC2=CC=CNC2C1(c1ccccc1)c1cc2ccccc2[nH]1. The molecule has 1 fully saturated rings. The van der Waals surface area contributed by atoms with E-state index in [9.17, 15) is 4.79 Å². The molecule has 1 aromatic heterocycles. The lowest BCUT2D eigenvalue weighted by molar-refractivity contribution is -0.139. The summed E-state index contributed by atoms with van der Waals surface area (Å²) in [6.07, 6.45) is 5.56. The van der Waals surface area contributed by atoms with E-state index in [1.165, 1.54) is 0 Å². The highest BCUT2D eigenvalue weighted by Crippen LogP contribution is 2.46. The maximum absolute atomic E-state index is 13.2. The van der Waals surface area contributed by atoms with Crippen molar-refractivity contribution in [2.24, 2.45) is 0 Å². The number of rotatable bonds is 2. The third-order valence-electron chi connectivity index (χ3n) is 5.05. The molecular formula is C21H16N2O2. The first-order valence-corrected chi connectivity index (χ1v) is 8.29. The molecular weight excluding hydrogens is 312 g/mol. The number of dihydropyridines is 1. The predicted octanol–water partition coefficient (Wildman–Crippen LogP) is 3.38. The molecule has 0 saturated carbocycles. The Kier molecular flexibility index (Phi) is 2.88. The number of carbonyl (C=O) groups excluding carboxylic acids is 1. The summed E-state index contributed by atoms with van der Waals surface area (Å²) >= 11 is 0.